The highest BCUT2D eigenvalue weighted by Crippen LogP contribution is 2.26. The SMILES string of the molecule is C[B]c1cccc2c1CCCCN2C(C)C. The lowest BCUT2D eigenvalue weighted by Gasteiger charge is -2.29. The van der Waals surface area contributed by atoms with E-state index in [1.165, 1.54) is 37.0 Å². The average Bonchev–Trinajstić information content (AvgIpc) is 2.50. The van der Waals surface area contributed by atoms with E-state index in [-0.39, 0.29) is 0 Å². The van der Waals surface area contributed by atoms with Crippen LogP contribution in [0.4, 0.5) is 5.69 Å². The van der Waals surface area contributed by atoms with E-state index in [4.69, 9.17) is 0 Å². The van der Waals surface area contributed by atoms with Gasteiger partial charge in [0.1, 0.15) is 7.28 Å². The summed E-state index contributed by atoms with van der Waals surface area (Å²) in [6.45, 7) is 7.92. The lowest BCUT2D eigenvalue weighted by Crippen LogP contribution is -2.32. The van der Waals surface area contributed by atoms with Crippen molar-refractivity contribution in [3.8, 4) is 0 Å². The molecule has 1 aromatic carbocycles. The number of hydrogen-bond donors (Lipinski definition) is 0. The molecule has 1 aliphatic rings. The molecule has 0 N–H and O–H groups in total. The van der Waals surface area contributed by atoms with Crippen molar-refractivity contribution in [3.05, 3.63) is 23.8 Å². The maximum Gasteiger partial charge on any atom is 0.148 e. The Morgan fingerprint density at radius 1 is 1.25 bits per heavy atom. The van der Waals surface area contributed by atoms with E-state index in [2.05, 4.69) is 51.0 Å². The Kier molecular flexibility index (Phi) is 3.57. The molecule has 2 heteroatoms. The van der Waals surface area contributed by atoms with Crippen molar-refractivity contribution in [1.29, 1.82) is 0 Å². The van der Waals surface area contributed by atoms with E-state index in [0.29, 0.717) is 6.04 Å². The maximum atomic E-state index is 2.55. The molecule has 1 radical (unpaired) electrons. The minimum absolute atomic E-state index is 0.601. The summed E-state index contributed by atoms with van der Waals surface area (Å²) in [4.78, 5) is 2.55. The van der Waals surface area contributed by atoms with Crippen LogP contribution in [0.2, 0.25) is 6.82 Å². The van der Waals surface area contributed by atoms with Crippen molar-refractivity contribution in [2.24, 2.45) is 0 Å². The largest absolute Gasteiger partial charge is 0.369 e. The van der Waals surface area contributed by atoms with E-state index in [9.17, 15) is 0 Å². The van der Waals surface area contributed by atoms with Crippen molar-refractivity contribution in [2.75, 3.05) is 11.4 Å². The molecule has 0 unspecified atom stereocenters. The number of nitrogens with zero attached hydrogens (tertiary/aromatic N) is 1. The lowest BCUT2D eigenvalue weighted by molar-refractivity contribution is 0.652. The average molecular weight is 214 g/mol. The third-order valence-electron chi connectivity index (χ3n) is 3.51. The standard InChI is InChI=1S/C14H21BN/c1-11(2)16-10-5-4-7-12-13(15-3)8-6-9-14(12)16/h6,8-9,11H,4-5,7,10H2,1-3H3. The Labute approximate surface area is 100 Å². The van der Waals surface area contributed by atoms with Crippen LogP contribution in [-0.2, 0) is 6.42 Å². The molecule has 0 bridgehead atoms. The summed E-state index contributed by atoms with van der Waals surface area (Å²) in [5.74, 6) is 0. The maximum absolute atomic E-state index is 2.55. The monoisotopic (exact) mass is 214 g/mol. The highest BCUT2D eigenvalue weighted by Gasteiger charge is 2.18. The Morgan fingerprint density at radius 2 is 2.06 bits per heavy atom. The van der Waals surface area contributed by atoms with Crippen molar-refractivity contribution in [3.63, 3.8) is 0 Å². The molecular weight excluding hydrogens is 193 g/mol. The smallest absolute Gasteiger partial charge is 0.148 e. The van der Waals surface area contributed by atoms with Gasteiger partial charge in [0, 0.05) is 18.3 Å². The molecule has 0 saturated carbocycles. The molecule has 0 saturated heterocycles. The second kappa shape index (κ2) is 4.94. The van der Waals surface area contributed by atoms with Gasteiger partial charge in [-0.2, -0.15) is 0 Å². The predicted molar refractivity (Wildman–Crippen MR) is 73.1 cm³/mol. The van der Waals surface area contributed by atoms with Gasteiger partial charge < -0.3 is 4.90 Å². The summed E-state index contributed by atoms with van der Waals surface area (Å²) in [7, 11) is 2.24. The van der Waals surface area contributed by atoms with Crippen LogP contribution < -0.4 is 10.4 Å². The zero-order chi connectivity index (χ0) is 11.5. The number of benzene rings is 1. The normalized spacial score (nSPS) is 15.9. The number of fused-ring (bicyclic) bond motifs is 1. The van der Waals surface area contributed by atoms with Crippen LogP contribution in [0.5, 0.6) is 0 Å². The minimum atomic E-state index is 0.601. The third-order valence-corrected chi connectivity index (χ3v) is 3.51. The zero-order valence-electron chi connectivity index (χ0n) is 10.7. The van der Waals surface area contributed by atoms with E-state index in [1.54, 1.807) is 5.56 Å². The predicted octanol–water partition coefficient (Wildman–Crippen LogP) is 2.62. The van der Waals surface area contributed by atoms with Crippen LogP contribution in [0, 0.1) is 0 Å². The van der Waals surface area contributed by atoms with Gasteiger partial charge in [0.05, 0.1) is 0 Å². The Bertz CT molecular complexity index is 360. The van der Waals surface area contributed by atoms with Gasteiger partial charge in [-0.3, -0.25) is 0 Å². The molecule has 16 heavy (non-hydrogen) atoms. The van der Waals surface area contributed by atoms with Crippen molar-refractivity contribution < 1.29 is 0 Å². The molecule has 2 rings (SSSR count). The second-order valence-electron chi connectivity index (χ2n) is 4.88. The van der Waals surface area contributed by atoms with Crippen LogP contribution in [0.1, 0.15) is 32.3 Å². The van der Waals surface area contributed by atoms with Gasteiger partial charge in [-0.05, 0) is 44.7 Å². The summed E-state index contributed by atoms with van der Waals surface area (Å²) in [6.07, 6.45) is 3.87. The third kappa shape index (κ3) is 2.11. The molecule has 0 spiro atoms. The topological polar surface area (TPSA) is 3.24 Å². The van der Waals surface area contributed by atoms with Crippen LogP contribution in [0.3, 0.4) is 0 Å². The second-order valence-corrected chi connectivity index (χ2v) is 4.88. The molecular formula is C14H21BN. The fourth-order valence-corrected chi connectivity index (χ4v) is 2.64. The fourth-order valence-electron chi connectivity index (χ4n) is 2.64. The molecule has 0 aliphatic carbocycles. The Hall–Kier alpha value is -0.915. The molecule has 85 valence electrons. The van der Waals surface area contributed by atoms with Crippen molar-refractivity contribution in [1.82, 2.24) is 0 Å². The van der Waals surface area contributed by atoms with Crippen LogP contribution in [0.25, 0.3) is 0 Å². The highest BCUT2D eigenvalue weighted by atomic mass is 15.2. The Balaban J connectivity index is 2.45. The van der Waals surface area contributed by atoms with Gasteiger partial charge in [0.15, 0.2) is 0 Å². The summed E-state index contributed by atoms with van der Waals surface area (Å²) in [6, 6.07) is 7.31. The Morgan fingerprint density at radius 3 is 2.75 bits per heavy atom. The molecule has 1 nitrogen and oxygen atoms in total. The molecule has 1 aliphatic heterocycles. The zero-order valence-corrected chi connectivity index (χ0v) is 10.7. The molecule has 1 heterocycles. The van der Waals surface area contributed by atoms with E-state index < -0.39 is 0 Å². The first-order chi connectivity index (χ1) is 7.74. The van der Waals surface area contributed by atoms with Gasteiger partial charge in [0.25, 0.3) is 0 Å². The summed E-state index contributed by atoms with van der Waals surface area (Å²) in [5, 5.41) is 0. The first-order valence-corrected chi connectivity index (χ1v) is 6.42. The molecule has 0 amide bonds. The van der Waals surface area contributed by atoms with Crippen LogP contribution in [-0.4, -0.2) is 19.9 Å². The molecule has 0 atom stereocenters. The number of rotatable bonds is 2. The summed E-state index contributed by atoms with van der Waals surface area (Å²) in [5.41, 5.74) is 4.43. The van der Waals surface area contributed by atoms with Gasteiger partial charge in [0.2, 0.25) is 0 Å². The van der Waals surface area contributed by atoms with Crippen LogP contribution in [0.15, 0.2) is 18.2 Å². The number of anilines is 1. The summed E-state index contributed by atoms with van der Waals surface area (Å²) >= 11 is 0. The fraction of sp³-hybridized carbons (Fsp3) is 0.571. The van der Waals surface area contributed by atoms with E-state index >= 15 is 0 Å². The first-order valence-electron chi connectivity index (χ1n) is 6.42. The van der Waals surface area contributed by atoms with Crippen LogP contribution >= 0.6 is 0 Å². The molecule has 0 fully saturated rings. The van der Waals surface area contributed by atoms with Gasteiger partial charge in [-0.25, -0.2) is 0 Å². The minimum Gasteiger partial charge on any atom is -0.369 e. The highest BCUT2D eigenvalue weighted by molar-refractivity contribution is 6.52. The quantitative estimate of drug-likeness (QED) is 0.684. The summed E-state index contributed by atoms with van der Waals surface area (Å²) < 4.78 is 0. The van der Waals surface area contributed by atoms with E-state index in [1.807, 2.05) is 0 Å². The first kappa shape index (κ1) is 11.6. The van der Waals surface area contributed by atoms with Gasteiger partial charge in [-0.1, -0.05) is 24.4 Å². The van der Waals surface area contributed by atoms with E-state index in [0.717, 1.165) is 0 Å². The van der Waals surface area contributed by atoms with Gasteiger partial charge in [-0.15, -0.1) is 0 Å². The van der Waals surface area contributed by atoms with Gasteiger partial charge >= 0.3 is 0 Å². The molecule has 0 aromatic heterocycles. The van der Waals surface area contributed by atoms with Crippen molar-refractivity contribution in [2.45, 2.75) is 46.0 Å². The van der Waals surface area contributed by atoms with Crippen molar-refractivity contribution >= 4 is 18.4 Å². The number of hydrogen-bond acceptors (Lipinski definition) is 1. The lowest BCUT2D eigenvalue weighted by atomic mass is 9.70. The molecule has 1 aromatic rings.